The zero-order valence-electron chi connectivity index (χ0n) is 59.5. The van der Waals surface area contributed by atoms with Crippen LogP contribution in [0, 0.1) is 13.8 Å². The molecule has 0 saturated carbocycles. The van der Waals surface area contributed by atoms with Gasteiger partial charge in [0.2, 0.25) is 0 Å². The van der Waals surface area contributed by atoms with Gasteiger partial charge in [-0.3, -0.25) is 42.7 Å². The normalized spacial score (nSPS) is 13.0. The summed E-state index contributed by atoms with van der Waals surface area (Å²) in [5.74, 6) is -1.27. The number of carboxylic acids is 3. The summed E-state index contributed by atoms with van der Waals surface area (Å²) < 4.78 is 80.3. The molecule has 6 aromatic carbocycles. The molecule has 0 aliphatic rings. The lowest BCUT2D eigenvalue weighted by Gasteiger charge is -2.29. The van der Waals surface area contributed by atoms with Crippen molar-refractivity contribution >= 4 is 176 Å². The number of fused-ring (bicyclic) bond motifs is 3. The lowest BCUT2D eigenvalue weighted by molar-refractivity contribution is 0.0692. The molecule has 3 unspecified atom stereocenters. The highest BCUT2D eigenvalue weighted by molar-refractivity contribution is 7.69. The average molecular weight is 1640 g/mol. The highest BCUT2D eigenvalue weighted by Crippen LogP contribution is 2.57. The predicted octanol–water partition coefficient (Wildman–Crippen LogP) is 22.1. The number of pyridine rings is 3. The van der Waals surface area contributed by atoms with Gasteiger partial charge in [0.05, 0.1) is 38.0 Å². The number of hydrogen-bond acceptors (Lipinski definition) is 18. The number of hydrogen-bond donors (Lipinski definition) is 3. The summed E-state index contributed by atoms with van der Waals surface area (Å²) in [6.07, 6.45) is 5.14. The van der Waals surface area contributed by atoms with E-state index >= 15 is 0 Å². The molecule has 0 aliphatic heterocycles. The number of rotatable bonds is 21. The van der Waals surface area contributed by atoms with Crippen molar-refractivity contribution < 1.29 is 70.2 Å². The van der Waals surface area contributed by atoms with Crippen molar-refractivity contribution in [2.24, 2.45) is 0 Å². The van der Waals surface area contributed by atoms with E-state index in [1.807, 2.05) is 153 Å². The Labute approximate surface area is 657 Å². The monoisotopic (exact) mass is 1640 g/mol. The van der Waals surface area contributed by atoms with Gasteiger partial charge in [-0.1, -0.05) is 125 Å². The molecule has 3 N–H and O–H groups in total. The number of nitrogens with zero attached hydrogens (tertiary/aromatic N) is 6. The first-order chi connectivity index (χ1) is 52.7. The lowest BCUT2D eigenvalue weighted by Crippen LogP contribution is -2.25. The second kappa shape index (κ2) is 32.4. The van der Waals surface area contributed by atoms with Gasteiger partial charge in [0.1, 0.15) is 48.5 Å². The molecular weight excluding hydrogens is 1580 g/mol. The maximum absolute atomic E-state index is 14.1. The molecule has 9 aromatic heterocycles. The summed E-state index contributed by atoms with van der Waals surface area (Å²) in [5.41, 5.74) is 12.2. The van der Waals surface area contributed by atoms with Gasteiger partial charge in [0.15, 0.2) is 16.7 Å². The van der Waals surface area contributed by atoms with Crippen LogP contribution in [0.1, 0.15) is 40.1 Å². The van der Waals surface area contributed by atoms with Crippen LogP contribution in [-0.4, -0.2) is 90.7 Å². The number of halogens is 3. The molecule has 0 bridgehead atoms. The van der Waals surface area contributed by atoms with E-state index < -0.39 is 40.5 Å². The van der Waals surface area contributed by atoms with Crippen molar-refractivity contribution in [3.63, 3.8) is 0 Å². The van der Waals surface area contributed by atoms with Crippen LogP contribution in [0.25, 0.3) is 98.6 Å². The summed E-state index contributed by atoms with van der Waals surface area (Å²) in [6.45, 7) is 3.83. The zero-order valence-corrected chi connectivity index (χ0v) is 66.9. The van der Waals surface area contributed by atoms with Gasteiger partial charge in [-0.15, -0.1) is 34.0 Å². The smallest absolute Gasteiger partial charge is 0.348 e. The lowest BCUT2D eigenvalue weighted by atomic mass is 10.1. The third-order valence-electron chi connectivity index (χ3n) is 17.9. The summed E-state index contributed by atoms with van der Waals surface area (Å²) in [4.78, 5) is 51.7. The molecule has 3 atom stereocenters. The Morgan fingerprint density at radius 2 is 0.727 bits per heavy atom. The number of aryl methyl sites for hydroxylation is 2. The van der Waals surface area contributed by atoms with Crippen LogP contribution in [0.3, 0.4) is 0 Å². The Morgan fingerprint density at radius 1 is 0.400 bits per heavy atom. The summed E-state index contributed by atoms with van der Waals surface area (Å²) in [7, 11) is -2.21. The van der Waals surface area contributed by atoms with E-state index in [9.17, 15) is 43.4 Å². The van der Waals surface area contributed by atoms with Gasteiger partial charge in [0, 0.05) is 121 Å². The number of furan rings is 3. The van der Waals surface area contributed by atoms with Gasteiger partial charge in [-0.25, -0.2) is 14.4 Å². The zero-order chi connectivity index (χ0) is 78.1. The van der Waals surface area contributed by atoms with E-state index in [1.165, 1.54) is 54.5 Å². The quantitative estimate of drug-likeness (QED) is 0.0564. The molecule has 110 heavy (non-hydrogen) atoms. The fourth-order valence-corrected chi connectivity index (χ4v) is 21.9. The largest absolute Gasteiger partial charge is 0.477 e. The highest BCUT2D eigenvalue weighted by Gasteiger charge is 2.39. The molecule has 15 rings (SSSR count). The first-order valence-electron chi connectivity index (χ1n) is 33.2. The van der Waals surface area contributed by atoms with Crippen molar-refractivity contribution in [1.82, 2.24) is 15.0 Å². The molecular formula is C80H64Cl3N6O15P3S3. The molecule has 0 saturated heterocycles. The van der Waals surface area contributed by atoms with Gasteiger partial charge < -0.3 is 42.1 Å². The van der Waals surface area contributed by atoms with Crippen LogP contribution in [0.2, 0.25) is 15.1 Å². The molecule has 15 aromatic rings. The van der Waals surface area contributed by atoms with Crippen LogP contribution in [0.4, 0.5) is 17.1 Å². The van der Waals surface area contributed by atoms with Crippen LogP contribution in [0.5, 0.6) is 0 Å². The standard InChI is InChI=1S/C28H25N2O5PS.C26H19Cl2N2O5PS.C26H20ClN2O5PS/c1-17-7-12-25(18(2)14-17)36(33,34-4)30(3)22-16-26(37-27(22)28(31)32)20-10-8-19(9-11-20)24-15-21-23(35-24)6-5-13-29-21;1-30(36(33,34-2)23-10-9-17(27)12-18(23)28)20-14-24(37-25(20)26(31)32)16-7-5-15(6-8-16)22-13-19-21(35-22)4-3-11-29-19;1-29(35(32,33-2)19-11-9-18(27)10-12-19)21-15-24(36-25(21)26(30)31)17-7-5-16(6-8-17)23-14-20-22(34-23)4-3-13-28-20/h5-16H,1-4H3,(H,31,32);3-14H,1-2H3,(H,31,32);3-15H,1-2H3,(H,30,31). The molecule has 30 heteroatoms. The van der Waals surface area contributed by atoms with Gasteiger partial charge >= 0.3 is 40.5 Å². The third-order valence-corrected chi connectivity index (χ3v) is 29.9. The molecule has 558 valence electrons. The Morgan fingerprint density at radius 3 is 1.05 bits per heavy atom. The topological polar surface area (TPSA) is 279 Å². The van der Waals surface area contributed by atoms with Crippen LogP contribution in [0.15, 0.2) is 238 Å². The number of aromatic carboxylic acids is 3. The SMILES string of the molecule is COP(=O)(c1ccc(C)cc1C)N(C)c1cc(-c2ccc(-c3cc4ncccc4o3)cc2)sc1C(=O)O.COP(=O)(c1ccc(Cl)cc1)N(C)c1cc(-c2ccc(-c3cc4ncccc4o3)cc2)sc1C(=O)O.COP(=O)(c1ccc(Cl)cc1Cl)N(C)c1cc(-c2ccc(-c3cc4ncccc4o3)cc2)sc1C(=O)O. The van der Waals surface area contributed by atoms with Crippen molar-refractivity contribution in [3.05, 3.63) is 266 Å². The second-order valence-corrected chi connectivity index (χ2v) is 36.6. The van der Waals surface area contributed by atoms with E-state index in [-0.39, 0.29) is 30.6 Å². The van der Waals surface area contributed by atoms with Gasteiger partial charge in [-0.2, -0.15) is 0 Å². The van der Waals surface area contributed by atoms with Crippen molar-refractivity contribution in [2.45, 2.75) is 13.8 Å². The Kier molecular flexibility index (Phi) is 22.9. The van der Waals surface area contributed by atoms with Gasteiger partial charge in [-0.05, 0) is 139 Å². The molecule has 0 aliphatic carbocycles. The number of benzene rings is 6. The number of carboxylic acid groups (broad SMARTS) is 3. The van der Waals surface area contributed by atoms with E-state index in [4.69, 9.17) is 61.6 Å². The fraction of sp³-hybridized carbons (Fsp3) is 0.100. The maximum atomic E-state index is 14.1. The minimum atomic E-state index is -3.76. The van der Waals surface area contributed by atoms with E-state index in [0.29, 0.717) is 75.8 Å². The second-order valence-electron chi connectivity index (χ2n) is 24.7. The summed E-state index contributed by atoms with van der Waals surface area (Å²) in [5, 5.41) is 32.0. The number of carbonyl (C=O) groups is 3. The summed E-state index contributed by atoms with van der Waals surface area (Å²) in [6, 6.07) is 61.3. The highest BCUT2D eigenvalue weighted by atomic mass is 35.5. The van der Waals surface area contributed by atoms with Crippen LogP contribution >= 0.6 is 91.4 Å². The first kappa shape index (κ1) is 77.9. The third kappa shape index (κ3) is 15.7. The summed E-state index contributed by atoms with van der Waals surface area (Å²) >= 11 is 21.6. The van der Waals surface area contributed by atoms with Gasteiger partial charge in [0.25, 0.3) is 0 Å². The Hall–Kier alpha value is -10.3. The predicted molar refractivity (Wildman–Crippen MR) is 441 cm³/mol. The Bertz CT molecular complexity index is 5800. The number of anilines is 3. The average Bonchev–Trinajstić information content (AvgIpc) is 1.53. The molecule has 0 spiro atoms. The van der Waals surface area contributed by atoms with Crippen molar-refractivity contribution in [1.29, 1.82) is 0 Å². The van der Waals surface area contributed by atoms with Crippen molar-refractivity contribution in [3.8, 4) is 65.3 Å². The molecule has 0 radical (unpaired) electrons. The number of thiophene rings is 3. The number of aromatic nitrogens is 3. The van der Waals surface area contributed by atoms with E-state index in [0.717, 1.165) is 99.9 Å². The molecule has 0 amide bonds. The fourth-order valence-electron chi connectivity index (χ4n) is 12.2. The molecule has 9 heterocycles. The van der Waals surface area contributed by atoms with Crippen LogP contribution < -0.4 is 29.9 Å². The molecule has 21 nitrogen and oxygen atoms in total. The van der Waals surface area contributed by atoms with Crippen molar-refractivity contribution in [2.75, 3.05) is 56.5 Å². The van der Waals surface area contributed by atoms with E-state index in [1.54, 1.807) is 87.3 Å². The Balaban J connectivity index is 0.000000145. The maximum Gasteiger partial charge on any atom is 0.348 e. The minimum Gasteiger partial charge on any atom is -0.477 e. The first-order valence-corrected chi connectivity index (χ1v) is 41.5. The van der Waals surface area contributed by atoms with E-state index in [2.05, 4.69) is 15.0 Å². The molecule has 0 fully saturated rings. The van der Waals surface area contributed by atoms with Crippen LogP contribution in [-0.2, 0) is 27.3 Å². The minimum absolute atomic E-state index is 0.0206.